The first-order valence-corrected chi connectivity index (χ1v) is 16.7. The molecule has 0 saturated heterocycles. The Morgan fingerprint density at radius 3 is 2.05 bits per heavy atom. The first kappa shape index (κ1) is 35.2. The summed E-state index contributed by atoms with van der Waals surface area (Å²) in [5.74, 6) is -1.72. The van der Waals surface area contributed by atoms with E-state index in [-0.39, 0.29) is 24.4 Å². The van der Waals surface area contributed by atoms with Crippen molar-refractivity contribution in [1.82, 2.24) is 0 Å². The van der Waals surface area contributed by atoms with Crippen molar-refractivity contribution in [1.29, 1.82) is 0 Å². The van der Waals surface area contributed by atoms with E-state index < -0.39 is 42.0 Å². The maximum absolute atomic E-state index is 15.4. The van der Waals surface area contributed by atoms with Crippen LogP contribution in [0.3, 0.4) is 0 Å². The fraction of sp³-hybridized carbons (Fsp3) is 0.722. The minimum atomic E-state index is -1.01. The van der Waals surface area contributed by atoms with Crippen molar-refractivity contribution in [3.05, 3.63) is 47.0 Å². The average molecular weight is 605 g/mol. The molecule has 1 aromatic rings. The van der Waals surface area contributed by atoms with E-state index in [0.717, 1.165) is 37.0 Å². The second kappa shape index (κ2) is 17.9. The highest BCUT2D eigenvalue weighted by Crippen LogP contribution is 2.43. The zero-order valence-corrected chi connectivity index (χ0v) is 26.7. The van der Waals surface area contributed by atoms with Gasteiger partial charge in [-0.25, -0.2) is 13.6 Å². The fourth-order valence-electron chi connectivity index (χ4n) is 6.98. The quantitative estimate of drug-likeness (QED) is 0.116. The van der Waals surface area contributed by atoms with Crippen LogP contribution < -0.4 is 0 Å². The van der Waals surface area contributed by atoms with Crippen molar-refractivity contribution in [3.63, 3.8) is 0 Å². The van der Waals surface area contributed by atoms with E-state index in [0.29, 0.717) is 17.9 Å². The van der Waals surface area contributed by atoms with Crippen LogP contribution in [0.1, 0.15) is 121 Å². The molecular formula is C36H54F2O5. The molecule has 2 fully saturated rings. The number of hydrogen-bond donors (Lipinski definition) is 1. The number of benzene rings is 1. The van der Waals surface area contributed by atoms with Gasteiger partial charge in [-0.15, -0.1) is 0 Å². The number of carbonyl (C=O) groups excluding carboxylic acids is 2. The lowest BCUT2D eigenvalue weighted by Gasteiger charge is -2.38. The van der Waals surface area contributed by atoms with E-state index in [1.54, 1.807) is 6.07 Å². The Balaban J connectivity index is 1.52. The van der Waals surface area contributed by atoms with Crippen LogP contribution in [0.25, 0.3) is 0 Å². The molecule has 0 aliphatic heterocycles. The highest BCUT2D eigenvalue weighted by Gasteiger charge is 2.31. The minimum Gasteiger partial charge on any atom is -0.465 e. The van der Waals surface area contributed by atoms with Crippen LogP contribution in [0, 0.1) is 41.2 Å². The number of aliphatic hydroxyl groups is 1. The lowest BCUT2D eigenvalue weighted by atomic mass is 9.68. The minimum absolute atomic E-state index is 0.0131. The number of halogens is 2. The lowest BCUT2D eigenvalue weighted by Crippen LogP contribution is -2.26. The summed E-state index contributed by atoms with van der Waals surface area (Å²) in [5, 5.41) is 9.20. The average Bonchev–Trinajstić information content (AvgIpc) is 3.02. The summed E-state index contributed by atoms with van der Waals surface area (Å²) in [5.41, 5.74) is 0.500. The molecule has 2 unspecified atom stereocenters. The van der Waals surface area contributed by atoms with E-state index >= 15 is 8.78 Å². The van der Waals surface area contributed by atoms with Crippen LogP contribution in [0.2, 0.25) is 0 Å². The van der Waals surface area contributed by atoms with Crippen molar-refractivity contribution < 1.29 is 33.0 Å². The predicted molar refractivity (Wildman–Crippen MR) is 165 cm³/mol. The van der Waals surface area contributed by atoms with E-state index in [2.05, 4.69) is 13.5 Å². The predicted octanol–water partition coefficient (Wildman–Crippen LogP) is 8.47. The van der Waals surface area contributed by atoms with Gasteiger partial charge in [-0.2, -0.15) is 0 Å². The van der Waals surface area contributed by atoms with Crippen LogP contribution in [0.4, 0.5) is 8.78 Å². The number of unbranched alkanes of at least 4 members (excludes halogenated alkanes) is 2. The van der Waals surface area contributed by atoms with Gasteiger partial charge in [0.1, 0.15) is 13.2 Å². The van der Waals surface area contributed by atoms with Gasteiger partial charge in [-0.3, -0.25) is 4.79 Å². The molecule has 7 heteroatoms. The third-order valence-electron chi connectivity index (χ3n) is 9.99. The van der Waals surface area contributed by atoms with Crippen molar-refractivity contribution >= 4 is 11.9 Å². The number of esters is 2. The SMILES string of the molecule is C=C(C)C(=O)OCC(COC(=O)C(C)CO)c1ccc(CCC2CCC(C3CCC(CCCCC)CC3)CC2)c(F)c1F. The van der Waals surface area contributed by atoms with E-state index in [1.807, 2.05) is 0 Å². The number of aliphatic hydroxyl groups excluding tert-OH is 1. The van der Waals surface area contributed by atoms with Gasteiger partial charge < -0.3 is 14.6 Å². The van der Waals surface area contributed by atoms with E-state index in [4.69, 9.17) is 9.47 Å². The molecule has 0 heterocycles. The third-order valence-corrected chi connectivity index (χ3v) is 9.99. The maximum atomic E-state index is 15.4. The van der Waals surface area contributed by atoms with Gasteiger partial charge in [0.05, 0.1) is 18.4 Å². The molecule has 0 bridgehead atoms. The van der Waals surface area contributed by atoms with Gasteiger partial charge in [0.15, 0.2) is 11.6 Å². The van der Waals surface area contributed by atoms with Crippen molar-refractivity contribution in [3.8, 4) is 0 Å². The molecule has 1 N–H and O–H groups in total. The molecule has 5 nitrogen and oxygen atoms in total. The summed E-state index contributed by atoms with van der Waals surface area (Å²) >= 11 is 0. The standard InChI is InChI=1S/C36H54F2O5/c1-5-6-7-8-26-9-14-28(15-10-26)29-16-11-27(12-17-29)13-18-30-19-20-32(34(38)33(30)37)31(22-42-35(40)24(2)3)23-43-36(41)25(4)21-39/h19-20,25-29,31,39H,2,5-18,21-23H2,1,3-4H3. The Labute approximate surface area is 257 Å². The Kier molecular flexibility index (Phi) is 14.6. The third kappa shape index (κ3) is 10.7. The molecule has 0 spiro atoms. The normalized spacial score (nSPS) is 23.8. The first-order chi connectivity index (χ1) is 20.6. The molecular weight excluding hydrogens is 550 g/mol. The highest BCUT2D eigenvalue weighted by molar-refractivity contribution is 5.86. The van der Waals surface area contributed by atoms with Crippen LogP contribution in [-0.4, -0.2) is 36.9 Å². The molecule has 2 atom stereocenters. The second-order valence-electron chi connectivity index (χ2n) is 13.3. The molecule has 242 valence electrons. The summed E-state index contributed by atoms with van der Waals surface area (Å²) in [6.45, 7) is 7.79. The number of carbonyl (C=O) groups is 2. The number of aryl methyl sites for hydroxylation is 1. The second-order valence-corrected chi connectivity index (χ2v) is 13.3. The molecule has 0 radical (unpaired) electrons. The fourth-order valence-corrected chi connectivity index (χ4v) is 6.98. The largest absolute Gasteiger partial charge is 0.465 e. The summed E-state index contributed by atoms with van der Waals surface area (Å²) in [6.07, 6.45) is 17.2. The van der Waals surface area contributed by atoms with Crippen molar-refractivity contribution in [2.45, 2.75) is 117 Å². The Morgan fingerprint density at radius 1 is 0.907 bits per heavy atom. The summed E-state index contributed by atoms with van der Waals surface area (Å²) < 4.78 is 41.1. The number of hydrogen-bond acceptors (Lipinski definition) is 5. The van der Waals surface area contributed by atoms with Gasteiger partial charge in [-0.05, 0) is 81.6 Å². The lowest BCUT2D eigenvalue weighted by molar-refractivity contribution is -0.150. The Hall–Kier alpha value is -2.28. The zero-order valence-electron chi connectivity index (χ0n) is 26.7. The summed E-state index contributed by atoms with van der Waals surface area (Å²) in [4.78, 5) is 24.0. The molecule has 3 rings (SSSR count). The van der Waals surface area contributed by atoms with Crippen LogP contribution >= 0.6 is 0 Å². The van der Waals surface area contributed by atoms with Gasteiger partial charge in [0, 0.05) is 11.1 Å². The molecule has 2 aliphatic rings. The zero-order chi connectivity index (χ0) is 31.4. The van der Waals surface area contributed by atoms with Gasteiger partial charge in [-0.1, -0.05) is 77.0 Å². The smallest absolute Gasteiger partial charge is 0.333 e. The molecule has 0 amide bonds. The van der Waals surface area contributed by atoms with Crippen molar-refractivity contribution in [2.24, 2.45) is 29.6 Å². The van der Waals surface area contributed by atoms with Crippen LogP contribution in [0.5, 0.6) is 0 Å². The molecule has 0 aromatic heterocycles. The summed E-state index contributed by atoms with van der Waals surface area (Å²) in [6, 6.07) is 3.11. The van der Waals surface area contributed by atoms with Gasteiger partial charge >= 0.3 is 11.9 Å². The Bertz CT molecular complexity index is 1040. The molecule has 2 aliphatic carbocycles. The van der Waals surface area contributed by atoms with Crippen LogP contribution in [0.15, 0.2) is 24.3 Å². The van der Waals surface area contributed by atoms with E-state index in [1.165, 1.54) is 84.1 Å². The van der Waals surface area contributed by atoms with Crippen LogP contribution in [-0.2, 0) is 25.5 Å². The number of rotatable bonds is 16. The molecule has 2 saturated carbocycles. The topological polar surface area (TPSA) is 72.8 Å². The Morgan fingerprint density at radius 2 is 1.49 bits per heavy atom. The molecule has 43 heavy (non-hydrogen) atoms. The van der Waals surface area contributed by atoms with E-state index in [9.17, 15) is 14.7 Å². The monoisotopic (exact) mass is 604 g/mol. The maximum Gasteiger partial charge on any atom is 0.333 e. The van der Waals surface area contributed by atoms with Gasteiger partial charge in [0.25, 0.3) is 0 Å². The first-order valence-electron chi connectivity index (χ1n) is 16.7. The molecule has 1 aromatic carbocycles. The number of ether oxygens (including phenoxy) is 2. The van der Waals surface area contributed by atoms with Gasteiger partial charge in [0.2, 0.25) is 0 Å². The van der Waals surface area contributed by atoms with Crippen molar-refractivity contribution in [2.75, 3.05) is 19.8 Å². The summed E-state index contributed by atoms with van der Waals surface area (Å²) in [7, 11) is 0. The highest BCUT2D eigenvalue weighted by atomic mass is 19.2.